The number of aryl methyl sites for hydroxylation is 1. The fraction of sp³-hybridized carbons (Fsp3) is 0.111. The van der Waals surface area contributed by atoms with Crippen LogP contribution in [0.2, 0.25) is 5.02 Å². The molecule has 1 unspecified atom stereocenters. The highest BCUT2D eigenvalue weighted by molar-refractivity contribution is 7.82. The topological polar surface area (TPSA) is 37.3 Å². The number of hydrogen-bond donors (Lipinski definition) is 1. The molecule has 1 N–H and O–H groups in total. The van der Waals surface area contributed by atoms with Crippen LogP contribution in [0.4, 0.5) is 0 Å². The van der Waals surface area contributed by atoms with E-state index in [1.165, 1.54) is 11.3 Å². The van der Waals surface area contributed by atoms with E-state index in [2.05, 4.69) is 0 Å². The molecule has 1 atom stereocenters. The molecule has 0 aliphatic heterocycles. The largest absolute Gasteiger partial charge is 0.302 e. The second kappa shape index (κ2) is 3.62. The van der Waals surface area contributed by atoms with E-state index >= 15 is 0 Å². The van der Waals surface area contributed by atoms with Crippen molar-refractivity contribution in [1.29, 1.82) is 0 Å². The monoisotopic (exact) mass is 246 g/mol. The van der Waals surface area contributed by atoms with E-state index in [0.717, 1.165) is 15.6 Å². The number of rotatable bonds is 1. The highest BCUT2D eigenvalue weighted by atomic mass is 35.5. The van der Waals surface area contributed by atoms with E-state index in [4.69, 9.17) is 16.2 Å². The smallest absolute Gasteiger partial charge is 0.197 e. The molecule has 0 bridgehead atoms. The van der Waals surface area contributed by atoms with Crippen LogP contribution in [0.3, 0.4) is 0 Å². The molecule has 5 heteroatoms. The van der Waals surface area contributed by atoms with E-state index in [1.54, 1.807) is 6.07 Å². The second-order valence-corrected chi connectivity index (χ2v) is 5.56. The minimum Gasteiger partial charge on any atom is -0.302 e. The highest BCUT2D eigenvalue weighted by Gasteiger charge is 2.12. The van der Waals surface area contributed by atoms with Crippen molar-refractivity contribution in [3.8, 4) is 0 Å². The van der Waals surface area contributed by atoms with Crippen LogP contribution in [0, 0.1) is 6.92 Å². The molecule has 0 spiro atoms. The van der Waals surface area contributed by atoms with Gasteiger partial charge in [0, 0.05) is 9.72 Å². The summed E-state index contributed by atoms with van der Waals surface area (Å²) in [6.45, 7) is 1.84. The summed E-state index contributed by atoms with van der Waals surface area (Å²) >= 11 is 5.24. The molecule has 0 radical (unpaired) electrons. The minimum absolute atomic E-state index is 0.502. The second-order valence-electron chi connectivity index (χ2n) is 2.90. The Hall–Kier alpha value is -0.420. The Kier molecular flexibility index (Phi) is 2.62. The number of thiophene rings is 1. The van der Waals surface area contributed by atoms with Crippen LogP contribution in [0.25, 0.3) is 10.1 Å². The van der Waals surface area contributed by atoms with Crippen molar-refractivity contribution < 1.29 is 8.76 Å². The number of fused-ring (bicyclic) bond motifs is 1. The Morgan fingerprint density at radius 3 is 2.86 bits per heavy atom. The first-order valence-corrected chi connectivity index (χ1v) is 6.19. The summed E-state index contributed by atoms with van der Waals surface area (Å²) in [7, 11) is 0. The molecule has 14 heavy (non-hydrogen) atoms. The first kappa shape index (κ1) is 10.1. The van der Waals surface area contributed by atoms with Gasteiger partial charge in [0.15, 0.2) is 11.1 Å². The molecule has 0 aliphatic rings. The fourth-order valence-electron chi connectivity index (χ4n) is 1.34. The molecule has 74 valence electrons. The molecule has 0 amide bonds. The number of halogens is 1. The molecular weight excluding hydrogens is 240 g/mol. The Labute approximate surface area is 92.8 Å². The fourth-order valence-corrected chi connectivity index (χ4v) is 3.49. The van der Waals surface area contributed by atoms with Gasteiger partial charge in [-0.15, -0.1) is 11.3 Å². The zero-order valence-corrected chi connectivity index (χ0v) is 9.67. The van der Waals surface area contributed by atoms with E-state index in [1.807, 2.05) is 19.1 Å². The molecule has 0 saturated heterocycles. The van der Waals surface area contributed by atoms with Gasteiger partial charge in [-0.2, -0.15) is 0 Å². The average molecular weight is 247 g/mol. The zero-order chi connectivity index (χ0) is 10.3. The maximum atomic E-state index is 11.0. The zero-order valence-electron chi connectivity index (χ0n) is 7.28. The van der Waals surface area contributed by atoms with Crippen molar-refractivity contribution in [2.24, 2.45) is 0 Å². The van der Waals surface area contributed by atoms with Gasteiger partial charge in [0.25, 0.3) is 0 Å². The van der Waals surface area contributed by atoms with Crippen molar-refractivity contribution >= 4 is 44.1 Å². The predicted octanol–water partition coefficient (Wildman–Crippen LogP) is 3.44. The van der Waals surface area contributed by atoms with Crippen molar-refractivity contribution in [2.75, 3.05) is 0 Å². The van der Waals surface area contributed by atoms with Crippen LogP contribution in [0.5, 0.6) is 0 Å². The standard InChI is InChI=1S/C9H7ClO2S2/c1-5-7-3-2-6(10)4-8(7)13-9(5)14(11)12/h2-4H,1H3,(H,11,12). The van der Waals surface area contributed by atoms with Gasteiger partial charge in [0.1, 0.15) is 4.21 Å². The van der Waals surface area contributed by atoms with Crippen molar-refractivity contribution in [3.05, 3.63) is 28.8 Å². The molecule has 1 aromatic carbocycles. The molecule has 0 saturated carbocycles. The van der Waals surface area contributed by atoms with Crippen LogP contribution in [0.1, 0.15) is 5.56 Å². The van der Waals surface area contributed by atoms with Crippen LogP contribution in [0.15, 0.2) is 22.4 Å². The number of hydrogen-bond acceptors (Lipinski definition) is 2. The van der Waals surface area contributed by atoms with Gasteiger partial charge < -0.3 is 4.55 Å². The first-order valence-electron chi connectivity index (χ1n) is 3.89. The van der Waals surface area contributed by atoms with Gasteiger partial charge in [-0.1, -0.05) is 17.7 Å². The molecule has 2 aromatic rings. The summed E-state index contributed by atoms with van der Waals surface area (Å²) in [5.74, 6) is 0. The molecule has 2 rings (SSSR count). The van der Waals surface area contributed by atoms with Crippen LogP contribution < -0.4 is 0 Å². The molecular formula is C9H7ClO2S2. The normalized spacial score (nSPS) is 13.4. The lowest BCUT2D eigenvalue weighted by Crippen LogP contribution is -1.85. The van der Waals surface area contributed by atoms with Crippen molar-refractivity contribution in [3.63, 3.8) is 0 Å². The average Bonchev–Trinajstić information content (AvgIpc) is 2.43. The number of benzene rings is 1. The van der Waals surface area contributed by atoms with Crippen molar-refractivity contribution in [1.82, 2.24) is 0 Å². The van der Waals surface area contributed by atoms with Gasteiger partial charge >= 0.3 is 0 Å². The molecule has 1 heterocycles. The van der Waals surface area contributed by atoms with Crippen molar-refractivity contribution in [2.45, 2.75) is 11.1 Å². The molecule has 0 fully saturated rings. The Bertz CT molecular complexity index is 519. The maximum absolute atomic E-state index is 11.0. The van der Waals surface area contributed by atoms with Gasteiger partial charge in [-0.25, -0.2) is 4.21 Å². The summed E-state index contributed by atoms with van der Waals surface area (Å²) in [6.07, 6.45) is 0. The first-order chi connectivity index (χ1) is 6.59. The van der Waals surface area contributed by atoms with Gasteiger partial charge in [-0.05, 0) is 30.0 Å². The Morgan fingerprint density at radius 1 is 1.50 bits per heavy atom. The summed E-state index contributed by atoms with van der Waals surface area (Å²) in [6, 6.07) is 5.47. The predicted molar refractivity (Wildman–Crippen MR) is 60.6 cm³/mol. The van der Waals surface area contributed by atoms with E-state index in [-0.39, 0.29) is 0 Å². The molecule has 0 aliphatic carbocycles. The SMILES string of the molecule is Cc1c(S(=O)O)sc2cc(Cl)ccc12. The van der Waals surface area contributed by atoms with E-state index in [0.29, 0.717) is 9.23 Å². The summed E-state index contributed by atoms with van der Waals surface area (Å²) in [5.41, 5.74) is 0.863. The summed E-state index contributed by atoms with van der Waals surface area (Å²) in [4.78, 5) is 0. The Balaban J connectivity index is 2.79. The van der Waals surface area contributed by atoms with E-state index in [9.17, 15) is 4.21 Å². The van der Waals surface area contributed by atoms with Gasteiger partial charge in [-0.3, -0.25) is 0 Å². The van der Waals surface area contributed by atoms with Crippen LogP contribution in [-0.4, -0.2) is 8.76 Å². The maximum Gasteiger partial charge on any atom is 0.197 e. The third-order valence-electron chi connectivity index (χ3n) is 2.02. The quantitative estimate of drug-likeness (QED) is 0.783. The highest BCUT2D eigenvalue weighted by Crippen LogP contribution is 2.34. The summed E-state index contributed by atoms with van der Waals surface area (Å²) < 4.78 is 21.4. The summed E-state index contributed by atoms with van der Waals surface area (Å²) in [5, 5.41) is 1.64. The lowest BCUT2D eigenvalue weighted by atomic mass is 10.2. The Morgan fingerprint density at radius 2 is 2.21 bits per heavy atom. The third-order valence-corrected chi connectivity index (χ3v) is 4.60. The van der Waals surface area contributed by atoms with Gasteiger partial charge in [0.05, 0.1) is 0 Å². The molecule has 1 aromatic heterocycles. The third kappa shape index (κ3) is 1.59. The lowest BCUT2D eigenvalue weighted by Gasteiger charge is -1.92. The van der Waals surface area contributed by atoms with E-state index < -0.39 is 11.1 Å². The van der Waals surface area contributed by atoms with Crippen LogP contribution >= 0.6 is 22.9 Å². The van der Waals surface area contributed by atoms with Gasteiger partial charge in [0.2, 0.25) is 0 Å². The van der Waals surface area contributed by atoms with Crippen LogP contribution in [-0.2, 0) is 11.1 Å². The lowest BCUT2D eigenvalue weighted by molar-refractivity contribution is 0.566. The minimum atomic E-state index is -1.90. The molecule has 2 nitrogen and oxygen atoms in total.